The lowest BCUT2D eigenvalue weighted by atomic mass is 10.1. The number of anilines is 1. The van der Waals surface area contributed by atoms with Crippen LogP contribution >= 0.6 is 22.9 Å². The topological polar surface area (TPSA) is 59.5 Å². The number of nitrogens with zero attached hydrogens (tertiary/aromatic N) is 2. The monoisotopic (exact) mass is 406 g/mol. The van der Waals surface area contributed by atoms with E-state index in [1.54, 1.807) is 0 Å². The average Bonchev–Trinajstić information content (AvgIpc) is 3.07. The van der Waals surface area contributed by atoms with Gasteiger partial charge in [0.15, 0.2) is 11.7 Å². The fraction of sp³-hybridized carbons (Fsp3) is 0.211. The van der Waals surface area contributed by atoms with Crippen molar-refractivity contribution in [3.8, 4) is 0 Å². The van der Waals surface area contributed by atoms with Crippen LogP contribution in [0.5, 0.6) is 0 Å². The van der Waals surface area contributed by atoms with Crippen LogP contribution in [0.15, 0.2) is 42.5 Å². The largest absolute Gasteiger partial charge is 0.455 e. The summed E-state index contributed by atoms with van der Waals surface area (Å²) >= 11 is 7.28. The minimum absolute atomic E-state index is 0.0511. The van der Waals surface area contributed by atoms with Crippen molar-refractivity contribution in [1.29, 1.82) is 0 Å². The summed E-state index contributed by atoms with van der Waals surface area (Å²) in [5.41, 5.74) is 0.852. The van der Waals surface area contributed by atoms with Gasteiger partial charge in [-0.2, -0.15) is 0 Å². The molecule has 0 aliphatic carbocycles. The average molecular weight is 407 g/mol. The first-order valence-electron chi connectivity index (χ1n) is 8.24. The van der Waals surface area contributed by atoms with E-state index in [2.05, 4.69) is 4.98 Å². The fourth-order valence-electron chi connectivity index (χ4n) is 2.51. The molecule has 0 saturated heterocycles. The van der Waals surface area contributed by atoms with Crippen molar-refractivity contribution in [2.45, 2.75) is 13.3 Å². The molecule has 0 atom stereocenters. The Bertz CT molecular complexity index is 939. The second-order valence-electron chi connectivity index (χ2n) is 5.64. The normalized spacial score (nSPS) is 10.8. The second kappa shape index (κ2) is 8.45. The summed E-state index contributed by atoms with van der Waals surface area (Å²) in [5.74, 6) is -1.71. The maximum absolute atomic E-state index is 13.7. The molecule has 5 nitrogen and oxygen atoms in total. The molecular weight excluding hydrogens is 391 g/mol. The predicted octanol–water partition coefficient (Wildman–Crippen LogP) is 4.23. The summed E-state index contributed by atoms with van der Waals surface area (Å²) < 4.78 is 19.7. The number of fused-ring (bicyclic) bond motifs is 1. The number of esters is 1. The van der Waals surface area contributed by atoms with Crippen molar-refractivity contribution >= 4 is 50.2 Å². The minimum Gasteiger partial charge on any atom is -0.455 e. The van der Waals surface area contributed by atoms with Gasteiger partial charge in [0.1, 0.15) is 5.82 Å². The highest BCUT2D eigenvalue weighted by Gasteiger charge is 2.20. The molecule has 1 amide bonds. The highest BCUT2D eigenvalue weighted by atomic mass is 35.5. The van der Waals surface area contributed by atoms with Crippen LogP contribution in [-0.4, -0.2) is 30.0 Å². The van der Waals surface area contributed by atoms with E-state index in [9.17, 15) is 14.0 Å². The quantitative estimate of drug-likeness (QED) is 0.575. The summed E-state index contributed by atoms with van der Waals surface area (Å²) in [6.07, 6.45) is -0.341. The highest BCUT2D eigenvalue weighted by Crippen LogP contribution is 2.28. The number of carbonyl (C=O) groups is 2. The van der Waals surface area contributed by atoms with Gasteiger partial charge in [0, 0.05) is 17.1 Å². The van der Waals surface area contributed by atoms with Crippen LogP contribution in [-0.2, 0) is 20.7 Å². The molecule has 1 aromatic heterocycles. The Morgan fingerprint density at radius 2 is 2.00 bits per heavy atom. The molecule has 140 valence electrons. The van der Waals surface area contributed by atoms with Gasteiger partial charge in [-0.25, -0.2) is 9.37 Å². The minimum atomic E-state index is -0.726. The number of aromatic nitrogens is 1. The van der Waals surface area contributed by atoms with Crippen LogP contribution in [0.2, 0.25) is 5.02 Å². The highest BCUT2D eigenvalue weighted by molar-refractivity contribution is 7.22. The van der Waals surface area contributed by atoms with E-state index in [-0.39, 0.29) is 17.0 Å². The standard InChI is InChI=1S/C19H16ClFN2O3S/c1-2-23(19-22-15-8-3-4-9-16(15)27-19)17(24)11-26-18(25)10-12-13(20)6-5-7-14(12)21/h3-9H,2,10-11H2,1H3. The molecule has 0 radical (unpaired) electrons. The molecule has 2 aromatic carbocycles. The Morgan fingerprint density at radius 1 is 1.22 bits per heavy atom. The Hall–Kier alpha value is -2.51. The van der Waals surface area contributed by atoms with E-state index in [1.807, 2.05) is 31.2 Å². The molecule has 1 heterocycles. The lowest BCUT2D eigenvalue weighted by molar-refractivity contribution is -0.147. The van der Waals surface area contributed by atoms with E-state index >= 15 is 0 Å². The van der Waals surface area contributed by atoms with E-state index < -0.39 is 24.3 Å². The zero-order valence-corrected chi connectivity index (χ0v) is 16.0. The number of thiazole rings is 1. The summed E-state index contributed by atoms with van der Waals surface area (Å²) in [7, 11) is 0. The van der Waals surface area contributed by atoms with Crippen LogP contribution < -0.4 is 4.90 Å². The Morgan fingerprint density at radius 3 is 2.70 bits per heavy atom. The molecule has 3 rings (SSSR count). The molecule has 0 bridgehead atoms. The number of hydrogen-bond acceptors (Lipinski definition) is 5. The van der Waals surface area contributed by atoms with Gasteiger partial charge in [-0.15, -0.1) is 0 Å². The van der Waals surface area contributed by atoms with Gasteiger partial charge < -0.3 is 4.74 Å². The SMILES string of the molecule is CCN(C(=O)COC(=O)Cc1c(F)cccc1Cl)c1nc2ccccc2s1. The Balaban J connectivity index is 1.64. The van der Waals surface area contributed by atoms with Crippen molar-refractivity contribution < 1.29 is 18.7 Å². The molecule has 0 spiro atoms. The number of amides is 1. The van der Waals surface area contributed by atoms with Gasteiger partial charge in [-0.3, -0.25) is 14.5 Å². The van der Waals surface area contributed by atoms with Crippen LogP contribution in [0.3, 0.4) is 0 Å². The maximum atomic E-state index is 13.7. The first kappa shape index (κ1) is 19.3. The first-order valence-corrected chi connectivity index (χ1v) is 9.43. The summed E-state index contributed by atoms with van der Waals surface area (Å²) in [6.45, 7) is 1.74. The smallest absolute Gasteiger partial charge is 0.310 e. The third kappa shape index (κ3) is 4.43. The van der Waals surface area contributed by atoms with E-state index in [0.717, 1.165) is 10.2 Å². The Kier molecular flexibility index (Phi) is 6.03. The number of carbonyl (C=O) groups excluding carboxylic acids is 2. The Labute approximate surface area is 164 Å². The molecule has 8 heteroatoms. The van der Waals surface area contributed by atoms with Gasteiger partial charge in [-0.05, 0) is 31.2 Å². The summed E-state index contributed by atoms with van der Waals surface area (Å²) in [6, 6.07) is 11.7. The van der Waals surface area contributed by atoms with Gasteiger partial charge in [0.25, 0.3) is 5.91 Å². The molecule has 0 fully saturated rings. The number of ether oxygens (including phenoxy) is 1. The zero-order chi connectivity index (χ0) is 19.4. The number of halogens is 2. The van der Waals surface area contributed by atoms with Crippen LogP contribution in [0.4, 0.5) is 9.52 Å². The van der Waals surface area contributed by atoms with Crippen molar-refractivity contribution in [2.24, 2.45) is 0 Å². The summed E-state index contributed by atoms with van der Waals surface area (Å²) in [4.78, 5) is 30.3. The number of para-hydroxylation sites is 1. The molecule has 27 heavy (non-hydrogen) atoms. The number of hydrogen-bond donors (Lipinski definition) is 0. The lowest BCUT2D eigenvalue weighted by Gasteiger charge is -2.17. The van der Waals surface area contributed by atoms with E-state index in [4.69, 9.17) is 16.3 Å². The third-order valence-electron chi connectivity index (χ3n) is 3.87. The van der Waals surface area contributed by atoms with Crippen molar-refractivity contribution in [3.05, 3.63) is 58.9 Å². The van der Waals surface area contributed by atoms with Gasteiger partial charge in [-0.1, -0.05) is 41.1 Å². The van der Waals surface area contributed by atoms with Gasteiger partial charge in [0.05, 0.1) is 16.6 Å². The molecule has 0 aliphatic rings. The zero-order valence-electron chi connectivity index (χ0n) is 14.4. The number of rotatable bonds is 6. The first-order chi connectivity index (χ1) is 13.0. The third-order valence-corrected chi connectivity index (χ3v) is 5.28. The van der Waals surface area contributed by atoms with Crippen molar-refractivity contribution in [2.75, 3.05) is 18.1 Å². The second-order valence-corrected chi connectivity index (χ2v) is 7.06. The maximum Gasteiger partial charge on any atom is 0.310 e. The van der Waals surface area contributed by atoms with Crippen LogP contribution in [0.1, 0.15) is 12.5 Å². The van der Waals surface area contributed by atoms with Crippen molar-refractivity contribution in [1.82, 2.24) is 4.98 Å². The fourth-order valence-corrected chi connectivity index (χ4v) is 3.79. The molecule has 0 N–H and O–H groups in total. The predicted molar refractivity (Wildman–Crippen MR) is 104 cm³/mol. The summed E-state index contributed by atoms with van der Waals surface area (Å²) in [5, 5.41) is 0.680. The van der Waals surface area contributed by atoms with Gasteiger partial charge in [0.2, 0.25) is 0 Å². The van der Waals surface area contributed by atoms with Crippen LogP contribution in [0, 0.1) is 5.82 Å². The molecule has 0 saturated carbocycles. The number of benzene rings is 2. The number of likely N-dealkylation sites (N-methyl/N-ethyl adjacent to an activating group) is 1. The molecular formula is C19H16ClFN2O3S. The lowest BCUT2D eigenvalue weighted by Crippen LogP contribution is -2.34. The van der Waals surface area contributed by atoms with Crippen molar-refractivity contribution in [3.63, 3.8) is 0 Å². The molecule has 0 aliphatic heterocycles. The van der Waals surface area contributed by atoms with E-state index in [1.165, 1.54) is 34.4 Å². The van der Waals surface area contributed by atoms with Gasteiger partial charge >= 0.3 is 5.97 Å². The van der Waals surface area contributed by atoms with E-state index in [0.29, 0.717) is 11.7 Å². The molecule has 0 unspecified atom stereocenters. The molecule has 3 aromatic rings. The van der Waals surface area contributed by atoms with Crippen LogP contribution in [0.25, 0.3) is 10.2 Å².